The maximum atomic E-state index is 6.09. The highest BCUT2D eigenvalue weighted by atomic mass is 16.5. The van der Waals surface area contributed by atoms with Gasteiger partial charge in [0.2, 0.25) is 0 Å². The molecule has 20 heavy (non-hydrogen) atoms. The molecule has 1 N–H and O–H groups in total. The Hall–Kier alpha value is -0.900. The number of benzene rings is 1. The first-order chi connectivity index (χ1) is 9.92. The van der Waals surface area contributed by atoms with E-state index in [0.29, 0.717) is 0 Å². The molecule has 1 aromatic rings. The van der Waals surface area contributed by atoms with Crippen LogP contribution in [0.3, 0.4) is 0 Å². The topological polar surface area (TPSA) is 24.5 Å². The van der Waals surface area contributed by atoms with Crippen LogP contribution in [0.1, 0.15) is 30.1 Å². The van der Waals surface area contributed by atoms with Crippen molar-refractivity contribution in [1.82, 2.24) is 10.2 Å². The van der Waals surface area contributed by atoms with Gasteiger partial charge >= 0.3 is 0 Å². The Bertz CT molecular complexity index is 472. The predicted octanol–water partition coefficient (Wildman–Crippen LogP) is 1.98. The summed E-state index contributed by atoms with van der Waals surface area (Å²) in [5.41, 5.74) is 2.91. The molecule has 0 spiro atoms. The maximum absolute atomic E-state index is 6.09. The minimum Gasteiger partial charge on any atom is -0.372 e. The van der Waals surface area contributed by atoms with Crippen molar-refractivity contribution in [3.8, 4) is 0 Å². The molecule has 2 atom stereocenters. The van der Waals surface area contributed by atoms with E-state index < -0.39 is 0 Å². The summed E-state index contributed by atoms with van der Waals surface area (Å²) < 4.78 is 6.09. The number of rotatable bonds is 3. The van der Waals surface area contributed by atoms with Crippen LogP contribution in [0, 0.1) is 5.92 Å². The fraction of sp³-hybridized carbons (Fsp3) is 0.647. The van der Waals surface area contributed by atoms with Crippen molar-refractivity contribution in [2.24, 2.45) is 5.92 Å². The summed E-state index contributed by atoms with van der Waals surface area (Å²) >= 11 is 0. The second-order valence-electron chi connectivity index (χ2n) is 6.41. The molecule has 1 aliphatic carbocycles. The average Bonchev–Trinajstić information content (AvgIpc) is 3.33. The van der Waals surface area contributed by atoms with Crippen LogP contribution in [-0.4, -0.2) is 43.7 Å². The van der Waals surface area contributed by atoms with Crippen molar-refractivity contribution in [3.05, 3.63) is 35.4 Å². The van der Waals surface area contributed by atoms with E-state index in [1.807, 2.05) is 0 Å². The van der Waals surface area contributed by atoms with Crippen LogP contribution in [0.15, 0.2) is 24.3 Å². The predicted molar refractivity (Wildman–Crippen MR) is 79.8 cm³/mol. The summed E-state index contributed by atoms with van der Waals surface area (Å²) in [6, 6.07) is 9.56. The van der Waals surface area contributed by atoms with E-state index in [1.165, 1.54) is 37.1 Å². The smallest absolute Gasteiger partial charge is 0.0954 e. The van der Waals surface area contributed by atoms with E-state index in [9.17, 15) is 0 Å². The Balaban J connectivity index is 1.51. The van der Waals surface area contributed by atoms with Crippen molar-refractivity contribution in [2.75, 3.05) is 32.8 Å². The largest absolute Gasteiger partial charge is 0.372 e. The zero-order valence-corrected chi connectivity index (χ0v) is 12.1. The Morgan fingerprint density at radius 1 is 1.25 bits per heavy atom. The monoisotopic (exact) mass is 272 g/mol. The average molecular weight is 272 g/mol. The SMILES string of the molecule is c1ccc2c(c1)CCOC2CN1CCNCC1C1CC1. The van der Waals surface area contributed by atoms with Gasteiger partial charge in [-0.15, -0.1) is 0 Å². The zero-order valence-electron chi connectivity index (χ0n) is 12.1. The van der Waals surface area contributed by atoms with Crippen LogP contribution in [0.2, 0.25) is 0 Å². The molecule has 0 radical (unpaired) electrons. The van der Waals surface area contributed by atoms with E-state index in [0.717, 1.165) is 38.1 Å². The fourth-order valence-electron chi connectivity index (χ4n) is 3.78. The van der Waals surface area contributed by atoms with E-state index >= 15 is 0 Å². The normalized spacial score (nSPS) is 31.0. The molecule has 0 bridgehead atoms. The van der Waals surface area contributed by atoms with Gasteiger partial charge in [0.1, 0.15) is 0 Å². The van der Waals surface area contributed by atoms with Crippen LogP contribution in [0.25, 0.3) is 0 Å². The maximum Gasteiger partial charge on any atom is 0.0954 e. The van der Waals surface area contributed by atoms with Gasteiger partial charge in [-0.2, -0.15) is 0 Å². The summed E-state index contributed by atoms with van der Waals surface area (Å²) in [6.07, 6.45) is 4.19. The Morgan fingerprint density at radius 2 is 2.15 bits per heavy atom. The highest BCUT2D eigenvalue weighted by Gasteiger charge is 2.37. The van der Waals surface area contributed by atoms with Crippen LogP contribution >= 0.6 is 0 Å². The van der Waals surface area contributed by atoms with E-state index in [4.69, 9.17) is 4.74 Å². The van der Waals surface area contributed by atoms with E-state index in [2.05, 4.69) is 34.5 Å². The van der Waals surface area contributed by atoms with Gasteiger partial charge in [0, 0.05) is 32.2 Å². The molecule has 1 saturated heterocycles. The van der Waals surface area contributed by atoms with Crippen molar-refractivity contribution >= 4 is 0 Å². The second-order valence-corrected chi connectivity index (χ2v) is 6.41. The first-order valence-electron chi connectivity index (χ1n) is 8.06. The van der Waals surface area contributed by atoms with Gasteiger partial charge < -0.3 is 10.1 Å². The molecule has 1 saturated carbocycles. The zero-order chi connectivity index (χ0) is 13.4. The number of fused-ring (bicyclic) bond motifs is 1. The number of hydrogen-bond donors (Lipinski definition) is 1. The number of nitrogens with zero attached hydrogens (tertiary/aromatic N) is 1. The fourth-order valence-corrected chi connectivity index (χ4v) is 3.78. The van der Waals surface area contributed by atoms with Crippen LogP contribution in [0.4, 0.5) is 0 Å². The van der Waals surface area contributed by atoms with Crippen molar-refractivity contribution < 1.29 is 4.74 Å². The standard InChI is InChI=1S/C17H24N2O/c1-2-4-15-13(3-1)7-10-20-17(15)12-19-9-8-18-11-16(19)14-5-6-14/h1-4,14,16-18H,5-12H2. The van der Waals surface area contributed by atoms with E-state index in [1.54, 1.807) is 0 Å². The molecule has 108 valence electrons. The van der Waals surface area contributed by atoms with Crippen molar-refractivity contribution in [1.29, 1.82) is 0 Å². The molecule has 4 rings (SSSR count). The van der Waals surface area contributed by atoms with Crippen LogP contribution < -0.4 is 5.32 Å². The Morgan fingerprint density at radius 3 is 3.05 bits per heavy atom. The van der Waals surface area contributed by atoms with Crippen molar-refractivity contribution in [3.63, 3.8) is 0 Å². The summed E-state index contributed by atoms with van der Waals surface area (Å²) in [5, 5.41) is 3.56. The van der Waals surface area contributed by atoms with Gasteiger partial charge in [-0.1, -0.05) is 24.3 Å². The minimum atomic E-state index is 0.277. The van der Waals surface area contributed by atoms with Crippen molar-refractivity contribution in [2.45, 2.75) is 31.4 Å². The lowest BCUT2D eigenvalue weighted by molar-refractivity contribution is -0.00161. The molecule has 3 nitrogen and oxygen atoms in total. The second kappa shape index (κ2) is 5.47. The lowest BCUT2D eigenvalue weighted by Crippen LogP contribution is -2.53. The summed E-state index contributed by atoms with van der Waals surface area (Å²) in [5.74, 6) is 0.932. The number of hydrogen-bond acceptors (Lipinski definition) is 3. The highest BCUT2D eigenvalue weighted by Crippen LogP contribution is 2.37. The highest BCUT2D eigenvalue weighted by molar-refractivity contribution is 5.31. The van der Waals surface area contributed by atoms with Crippen LogP contribution in [-0.2, 0) is 11.2 Å². The van der Waals surface area contributed by atoms with Gasteiger partial charge in [0.05, 0.1) is 12.7 Å². The molecule has 3 aliphatic rings. The van der Waals surface area contributed by atoms with Crippen LogP contribution in [0.5, 0.6) is 0 Å². The quantitative estimate of drug-likeness (QED) is 0.910. The van der Waals surface area contributed by atoms with Gasteiger partial charge in [-0.25, -0.2) is 0 Å². The summed E-state index contributed by atoms with van der Waals surface area (Å²) in [6.45, 7) is 5.40. The molecule has 0 aromatic heterocycles. The first kappa shape index (κ1) is 12.8. The molecule has 2 fully saturated rings. The molecule has 2 aliphatic heterocycles. The third kappa shape index (κ3) is 2.50. The minimum absolute atomic E-state index is 0.277. The van der Waals surface area contributed by atoms with Gasteiger partial charge in [0.15, 0.2) is 0 Å². The number of nitrogens with one attached hydrogen (secondary N) is 1. The molecule has 1 aromatic carbocycles. The van der Waals surface area contributed by atoms with E-state index in [-0.39, 0.29) is 6.10 Å². The van der Waals surface area contributed by atoms with Gasteiger partial charge in [0.25, 0.3) is 0 Å². The molecule has 0 amide bonds. The lowest BCUT2D eigenvalue weighted by atomic mass is 9.96. The lowest BCUT2D eigenvalue weighted by Gasteiger charge is -2.39. The summed E-state index contributed by atoms with van der Waals surface area (Å²) in [4.78, 5) is 2.68. The molecular formula is C17H24N2O. The third-order valence-electron chi connectivity index (χ3n) is 5.06. The van der Waals surface area contributed by atoms with Gasteiger partial charge in [-0.3, -0.25) is 4.90 Å². The third-order valence-corrected chi connectivity index (χ3v) is 5.06. The Kier molecular flexibility index (Phi) is 3.51. The first-order valence-corrected chi connectivity index (χ1v) is 8.06. The summed E-state index contributed by atoms with van der Waals surface area (Å²) in [7, 11) is 0. The molecule has 2 heterocycles. The molecular weight excluding hydrogens is 248 g/mol. The van der Waals surface area contributed by atoms with Gasteiger partial charge in [-0.05, 0) is 36.3 Å². The number of piperazine rings is 1. The molecule has 3 heteroatoms. The molecule has 2 unspecified atom stereocenters. The number of ether oxygens (including phenoxy) is 1. The Labute approximate surface area is 121 Å².